The van der Waals surface area contributed by atoms with Crippen molar-refractivity contribution in [3.63, 3.8) is 0 Å². The Morgan fingerprint density at radius 2 is 1.33 bits per heavy atom. The zero-order valence-corrected chi connectivity index (χ0v) is 11.3. The van der Waals surface area contributed by atoms with Gasteiger partial charge in [-0.25, -0.2) is 0 Å². The van der Waals surface area contributed by atoms with Gasteiger partial charge in [0.25, 0.3) is 0 Å². The Balaban J connectivity index is 2.29. The maximum Gasteiger partial charge on any atom is -0.00611 e. The van der Waals surface area contributed by atoms with Gasteiger partial charge in [-0.2, -0.15) is 0 Å². The summed E-state index contributed by atoms with van der Waals surface area (Å²) in [6, 6.07) is 21.5. The summed E-state index contributed by atoms with van der Waals surface area (Å²) in [5.74, 6) is 0. The first-order valence-electron chi connectivity index (χ1n) is 6.07. The summed E-state index contributed by atoms with van der Waals surface area (Å²) in [5.41, 5.74) is 0. The summed E-state index contributed by atoms with van der Waals surface area (Å²) < 4.78 is 0. The maximum absolute atomic E-state index is 3.72. The molecule has 0 saturated heterocycles. The molecule has 0 aliphatic heterocycles. The van der Waals surface area contributed by atoms with Crippen molar-refractivity contribution in [3.8, 4) is 0 Å². The molecule has 0 aromatic heterocycles. The van der Waals surface area contributed by atoms with Crippen LogP contribution in [0.1, 0.15) is 0 Å². The average Bonchev–Trinajstić information content (AvgIpc) is 2.46. The van der Waals surface area contributed by atoms with E-state index in [1.807, 2.05) is 12.2 Å². The van der Waals surface area contributed by atoms with Crippen LogP contribution in [0.4, 0.5) is 0 Å². The van der Waals surface area contributed by atoms with Crippen molar-refractivity contribution in [2.75, 3.05) is 6.16 Å². The molecule has 2 aromatic carbocycles. The molecule has 1 heteroatoms. The SMILES string of the molecule is C=C/C=C/CP(c1ccccc1)c1ccccc1. The zero-order chi connectivity index (χ0) is 12.6. The predicted molar refractivity (Wildman–Crippen MR) is 83.3 cm³/mol. The van der Waals surface area contributed by atoms with Crippen LogP contribution >= 0.6 is 7.92 Å². The number of allylic oxidation sites excluding steroid dienone is 3. The molecule has 0 bridgehead atoms. The Kier molecular flexibility index (Phi) is 4.93. The van der Waals surface area contributed by atoms with E-state index >= 15 is 0 Å². The number of hydrogen-bond donors (Lipinski definition) is 0. The first kappa shape index (κ1) is 12.8. The van der Waals surface area contributed by atoms with Crippen LogP contribution in [0.3, 0.4) is 0 Å². The quantitative estimate of drug-likeness (QED) is 0.560. The summed E-state index contributed by atoms with van der Waals surface area (Å²) in [4.78, 5) is 0. The van der Waals surface area contributed by atoms with Gasteiger partial charge in [0.15, 0.2) is 0 Å². The fraction of sp³-hybridized carbons (Fsp3) is 0.0588. The summed E-state index contributed by atoms with van der Waals surface area (Å²) in [6.07, 6.45) is 7.14. The van der Waals surface area contributed by atoms with E-state index in [0.29, 0.717) is 0 Å². The Bertz CT molecular complexity index is 460. The van der Waals surface area contributed by atoms with Gasteiger partial charge in [-0.05, 0) is 24.7 Å². The van der Waals surface area contributed by atoms with Crippen LogP contribution in [0, 0.1) is 0 Å². The van der Waals surface area contributed by atoms with Crippen molar-refractivity contribution in [2.45, 2.75) is 0 Å². The van der Waals surface area contributed by atoms with E-state index in [1.165, 1.54) is 10.6 Å². The van der Waals surface area contributed by atoms with Gasteiger partial charge in [-0.15, -0.1) is 0 Å². The minimum Gasteiger partial charge on any atom is -0.0991 e. The predicted octanol–water partition coefficient (Wildman–Crippen LogP) is 3.86. The molecule has 0 atom stereocenters. The first-order chi connectivity index (χ1) is 8.92. The van der Waals surface area contributed by atoms with Gasteiger partial charge in [-0.3, -0.25) is 0 Å². The van der Waals surface area contributed by atoms with E-state index in [-0.39, 0.29) is 7.92 Å². The highest BCUT2D eigenvalue weighted by Gasteiger charge is 2.10. The molecule has 90 valence electrons. The van der Waals surface area contributed by atoms with Crippen molar-refractivity contribution >= 4 is 18.5 Å². The standard InChI is InChI=1S/C17H17P/c1-2-3-10-15-18(16-11-6-4-7-12-16)17-13-8-5-9-14-17/h2-14H,1,15H2/b10-3+. The number of rotatable bonds is 5. The molecule has 0 aliphatic rings. The highest BCUT2D eigenvalue weighted by molar-refractivity contribution is 7.73. The molecule has 0 N–H and O–H groups in total. The van der Waals surface area contributed by atoms with E-state index in [0.717, 1.165) is 6.16 Å². The first-order valence-corrected chi connectivity index (χ1v) is 7.59. The van der Waals surface area contributed by atoms with Crippen LogP contribution in [0.2, 0.25) is 0 Å². The summed E-state index contributed by atoms with van der Waals surface area (Å²) in [6.45, 7) is 3.72. The van der Waals surface area contributed by atoms with Gasteiger partial charge in [-0.1, -0.05) is 85.5 Å². The molecule has 0 unspecified atom stereocenters. The molecule has 18 heavy (non-hydrogen) atoms. The highest BCUT2D eigenvalue weighted by Crippen LogP contribution is 2.33. The maximum atomic E-state index is 3.72. The topological polar surface area (TPSA) is 0 Å². The molecule has 0 radical (unpaired) electrons. The van der Waals surface area contributed by atoms with Crippen molar-refractivity contribution in [3.05, 3.63) is 85.5 Å². The summed E-state index contributed by atoms with van der Waals surface area (Å²) in [5, 5.41) is 2.85. The summed E-state index contributed by atoms with van der Waals surface area (Å²) >= 11 is 0. The Labute approximate surface area is 110 Å². The van der Waals surface area contributed by atoms with E-state index in [4.69, 9.17) is 0 Å². The van der Waals surface area contributed by atoms with Crippen LogP contribution in [0.25, 0.3) is 0 Å². The van der Waals surface area contributed by atoms with Crippen LogP contribution < -0.4 is 10.6 Å². The van der Waals surface area contributed by atoms with Gasteiger partial charge in [0.05, 0.1) is 0 Å². The molecular formula is C17H17P. The van der Waals surface area contributed by atoms with Crippen LogP contribution in [0.5, 0.6) is 0 Å². The second-order valence-electron chi connectivity index (χ2n) is 3.95. The van der Waals surface area contributed by atoms with Crippen LogP contribution in [-0.2, 0) is 0 Å². The Hall–Kier alpha value is -1.65. The molecule has 0 aliphatic carbocycles. The zero-order valence-electron chi connectivity index (χ0n) is 10.4. The van der Waals surface area contributed by atoms with Gasteiger partial charge in [0.1, 0.15) is 0 Å². The molecule has 0 fully saturated rings. The van der Waals surface area contributed by atoms with E-state index in [2.05, 4.69) is 73.3 Å². The van der Waals surface area contributed by atoms with E-state index in [9.17, 15) is 0 Å². The van der Waals surface area contributed by atoms with Gasteiger partial charge in [0.2, 0.25) is 0 Å². The van der Waals surface area contributed by atoms with Crippen molar-refractivity contribution in [1.82, 2.24) is 0 Å². The third kappa shape index (κ3) is 3.42. The largest absolute Gasteiger partial charge is 0.0991 e. The normalized spacial score (nSPS) is 10.9. The smallest absolute Gasteiger partial charge is 0.00611 e. The average molecular weight is 252 g/mol. The van der Waals surface area contributed by atoms with E-state index in [1.54, 1.807) is 0 Å². The van der Waals surface area contributed by atoms with Crippen molar-refractivity contribution in [1.29, 1.82) is 0 Å². The van der Waals surface area contributed by atoms with E-state index < -0.39 is 0 Å². The monoisotopic (exact) mass is 252 g/mol. The lowest BCUT2D eigenvalue weighted by Crippen LogP contribution is -2.12. The van der Waals surface area contributed by atoms with Gasteiger partial charge < -0.3 is 0 Å². The lowest BCUT2D eigenvalue weighted by atomic mass is 10.4. The molecule has 0 amide bonds. The second-order valence-corrected chi connectivity index (χ2v) is 6.20. The highest BCUT2D eigenvalue weighted by atomic mass is 31.1. The lowest BCUT2D eigenvalue weighted by Gasteiger charge is -2.16. The number of benzene rings is 2. The molecule has 2 aromatic rings. The Morgan fingerprint density at radius 3 is 1.78 bits per heavy atom. The second kappa shape index (κ2) is 6.93. The third-order valence-corrected chi connectivity index (χ3v) is 5.11. The fourth-order valence-electron chi connectivity index (χ4n) is 1.84. The van der Waals surface area contributed by atoms with Crippen LogP contribution in [0.15, 0.2) is 85.5 Å². The summed E-state index contributed by atoms with van der Waals surface area (Å²) in [7, 11) is -0.297. The van der Waals surface area contributed by atoms with Crippen molar-refractivity contribution in [2.24, 2.45) is 0 Å². The molecular weight excluding hydrogens is 235 g/mol. The fourth-order valence-corrected chi connectivity index (χ4v) is 3.95. The minimum absolute atomic E-state index is 0.297. The Morgan fingerprint density at radius 1 is 0.833 bits per heavy atom. The molecule has 0 nitrogen and oxygen atoms in total. The van der Waals surface area contributed by atoms with Crippen molar-refractivity contribution < 1.29 is 0 Å². The minimum atomic E-state index is -0.297. The third-order valence-electron chi connectivity index (χ3n) is 2.70. The molecule has 2 rings (SSSR count). The molecule has 0 spiro atoms. The van der Waals surface area contributed by atoms with Crippen LogP contribution in [-0.4, -0.2) is 6.16 Å². The van der Waals surface area contributed by atoms with Gasteiger partial charge in [0, 0.05) is 0 Å². The molecule has 0 heterocycles. The number of hydrogen-bond acceptors (Lipinski definition) is 0. The molecule has 0 saturated carbocycles. The van der Waals surface area contributed by atoms with Gasteiger partial charge >= 0.3 is 0 Å². The lowest BCUT2D eigenvalue weighted by molar-refractivity contribution is 1.69.